The van der Waals surface area contributed by atoms with Gasteiger partial charge >= 0.3 is 0 Å². The molecule has 1 fully saturated rings. The second-order valence-corrected chi connectivity index (χ2v) is 7.16. The molecule has 0 bridgehead atoms. The van der Waals surface area contributed by atoms with Gasteiger partial charge in [0, 0.05) is 19.3 Å². The van der Waals surface area contributed by atoms with Crippen molar-refractivity contribution < 1.29 is 4.79 Å². The third-order valence-electron chi connectivity index (χ3n) is 3.88. The zero-order valence-electron chi connectivity index (χ0n) is 13.5. The third kappa shape index (κ3) is 4.43. The maximum absolute atomic E-state index is 12.3. The number of aryl methyl sites for hydroxylation is 1. The van der Waals surface area contributed by atoms with E-state index in [1.807, 2.05) is 6.92 Å². The van der Waals surface area contributed by atoms with Gasteiger partial charge in [0.1, 0.15) is 10.7 Å². The number of nitrogens with one attached hydrogen (secondary N) is 2. The van der Waals surface area contributed by atoms with Crippen LogP contribution in [0.5, 0.6) is 0 Å². The Morgan fingerprint density at radius 3 is 2.88 bits per heavy atom. The monoisotopic (exact) mass is 365 g/mol. The molecule has 6 nitrogen and oxygen atoms in total. The van der Waals surface area contributed by atoms with Crippen LogP contribution in [0.25, 0.3) is 0 Å². The number of amides is 1. The van der Waals surface area contributed by atoms with E-state index in [1.165, 1.54) is 24.2 Å². The summed E-state index contributed by atoms with van der Waals surface area (Å²) in [7, 11) is 0. The molecule has 128 valence electrons. The van der Waals surface area contributed by atoms with Gasteiger partial charge in [0.25, 0.3) is 5.91 Å². The fraction of sp³-hybridized carbons (Fsp3) is 0.438. The highest BCUT2D eigenvalue weighted by Crippen LogP contribution is 2.25. The van der Waals surface area contributed by atoms with Gasteiger partial charge in [0.05, 0.1) is 10.7 Å². The third-order valence-corrected chi connectivity index (χ3v) is 5.17. The van der Waals surface area contributed by atoms with Gasteiger partial charge in [-0.15, -0.1) is 0 Å². The highest BCUT2D eigenvalue weighted by molar-refractivity contribution is 7.17. The summed E-state index contributed by atoms with van der Waals surface area (Å²) in [5, 5.41) is 7.30. The van der Waals surface area contributed by atoms with E-state index >= 15 is 0 Å². The quantitative estimate of drug-likeness (QED) is 0.823. The van der Waals surface area contributed by atoms with Gasteiger partial charge in [-0.3, -0.25) is 4.79 Å². The van der Waals surface area contributed by atoms with Crippen LogP contribution in [0.4, 0.5) is 10.9 Å². The molecule has 1 aliphatic rings. The van der Waals surface area contributed by atoms with Crippen molar-refractivity contribution in [2.24, 2.45) is 0 Å². The molecule has 0 aromatic carbocycles. The van der Waals surface area contributed by atoms with Crippen LogP contribution in [-0.4, -0.2) is 47.0 Å². The van der Waals surface area contributed by atoms with Gasteiger partial charge in [-0.25, -0.2) is 9.97 Å². The first-order chi connectivity index (χ1) is 11.6. The lowest BCUT2D eigenvalue weighted by Gasteiger charge is -2.14. The smallest absolute Gasteiger partial charge is 0.263 e. The summed E-state index contributed by atoms with van der Waals surface area (Å²) in [6, 6.07) is 3.53. The number of thiazole rings is 1. The van der Waals surface area contributed by atoms with Crippen molar-refractivity contribution in [2.75, 3.05) is 31.5 Å². The van der Waals surface area contributed by atoms with Gasteiger partial charge in [-0.05, 0) is 45.0 Å². The fourth-order valence-corrected chi connectivity index (χ4v) is 3.64. The molecule has 2 N–H and O–H groups in total. The lowest BCUT2D eigenvalue weighted by atomic mass is 10.3. The zero-order valence-corrected chi connectivity index (χ0v) is 15.1. The number of hydrogen-bond donors (Lipinski definition) is 2. The molecule has 8 heteroatoms. The summed E-state index contributed by atoms with van der Waals surface area (Å²) < 4.78 is 0. The molecule has 0 unspecified atom stereocenters. The Labute approximate surface area is 150 Å². The van der Waals surface area contributed by atoms with Crippen molar-refractivity contribution in [3.05, 3.63) is 33.9 Å². The van der Waals surface area contributed by atoms with E-state index in [2.05, 4.69) is 25.5 Å². The first-order valence-corrected chi connectivity index (χ1v) is 9.18. The number of halogens is 1. The molecule has 3 heterocycles. The number of hydrogen-bond acceptors (Lipinski definition) is 6. The lowest BCUT2D eigenvalue weighted by Crippen LogP contribution is -2.33. The van der Waals surface area contributed by atoms with Crippen molar-refractivity contribution in [3.8, 4) is 0 Å². The van der Waals surface area contributed by atoms with Gasteiger partial charge in [-0.2, -0.15) is 0 Å². The number of anilines is 2. The molecule has 0 aliphatic carbocycles. The van der Waals surface area contributed by atoms with Crippen molar-refractivity contribution in [2.45, 2.75) is 19.8 Å². The van der Waals surface area contributed by atoms with E-state index in [1.54, 1.807) is 18.3 Å². The Kier molecular flexibility index (Phi) is 5.65. The van der Waals surface area contributed by atoms with Crippen molar-refractivity contribution >= 4 is 39.8 Å². The van der Waals surface area contributed by atoms with Gasteiger partial charge < -0.3 is 15.5 Å². The average molecular weight is 366 g/mol. The highest BCUT2D eigenvalue weighted by Gasteiger charge is 2.16. The molecule has 1 amide bonds. The zero-order chi connectivity index (χ0) is 16.9. The van der Waals surface area contributed by atoms with Crippen molar-refractivity contribution in [1.29, 1.82) is 0 Å². The maximum Gasteiger partial charge on any atom is 0.263 e. The maximum atomic E-state index is 12.3. The molecular weight excluding hydrogens is 346 g/mol. The Bertz CT molecular complexity index is 697. The second kappa shape index (κ2) is 7.92. The summed E-state index contributed by atoms with van der Waals surface area (Å²) in [4.78, 5) is 23.9. The number of pyridine rings is 1. The lowest BCUT2D eigenvalue weighted by molar-refractivity contribution is 0.0953. The van der Waals surface area contributed by atoms with Crippen LogP contribution < -0.4 is 10.6 Å². The minimum Gasteiger partial charge on any atom is -0.350 e. The Hall–Kier alpha value is -1.70. The van der Waals surface area contributed by atoms with E-state index in [0.717, 1.165) is 25.3 Å². The molecule has 1 saturated heterocycles. The molecule has 2 aromatic rings. The van der Waals surface area contributed by atoms with Crippen LogP contribution in [0.2, 0.25) is 5.02 Å². The molecule has 0 saturated carbocycles. The molecule has 0 atom stereocenters. The molecule has 1 aliphatic heterocycles. The number of rotatable bonds is 6. The van der Waals surface area contributed by atoms with Crippen LogP contribution in [0, 0.1) is 6.92 Å². The predicted molar refractivity (Wildman–Crippen MR) is 97.4 cm³/mol. The average Bonchev–Trinajstić information content (AvgIpc) is 3.19. The largest absolute Gasteiger partial charge is 0.350 e. The first kappa shape index (κ1) is 17.1. The highest BCUT2D eigenvalue weighted by atomic mass is 35.5. The number of nitrogens with zero attached hydrogens (tertiary/aromatic N) is 3. The number of carbonyl (C=O) groups excluding carboxylic acids is 1. The van der Waals surface area contributed by atoms with Crippen LogP contribution in [0.15, 0.2) is 18.3 Å². The van der Waals surface area contributed by atoms with E-state index in [4.69, 9.17) is 11.6 Å². The van der Waals surface area contributed by atoms with Crippen LogP contribution >= 0.6 is 22.9 Å². The van der Waals surface area contributed by atoms with Crippen molar-refractivity contribution in [3.63, 3.8) is 0 Å². The van der Waals surface area contributed by atoms with Gasteiger partial charge in [-0.1, -0.05) is 22.9 Å². The molecule has 2 aromatic heterocycles. The molecule has 3 rings (SSSR count). The first-order valence-electron chi connectivity index (χ1n) is 7.98. The topological polar surface area (TPSA) is 70.1 Å². The van der Waals surface area contributed by atoms with E-state index in [9.17, 15) is 4.79 Å². The molecular formula is C16H20ClN5OS. The summed E-state index contributed by atoms with van der Waals surface area (Å²) in [6.07, 6.45) is 4.08. The Morgan fingerprint density at radius 1 is 1.38 bits per heavy atom. The van der Waals surface area contributed by atoms with Crippen molar-refractivity contribution in [1.82, 2.24) is 20.2 Å². The van der Waals surface area contributed by atoms with Crippen LogP contribution in [0.1, 0.15) is 28.2 Å². The molecule has 0 radical (unpaired) electrons. The SMILES string of the molecule is Cc1nc(Nc2ccc(Cl)cn2)sc1C(=O)NCCN1CCCC1. The van der Waals surface area contributed by atoms with Crippen LogP contribution in [0.3, 0.4) is 0 Å². The van der Waals surface area contributed by atoms with Gasteiger partial charge in [0.2, 0.25) is 0 Å². The summed E-state index contributed by atoms with van der Waals surface area (Å²) in [5.41, 5.74) is 0.718. The summed E-state index contributed by atoms with van der Waals surface area (Å²) >= 11 is 7.15. The predicted octanol–water partition coefficient (Wildman–Crippen LogP) is 3.07. The summed E-state index contributed by atoms with van der Waals surface area (Å²) in [5.74, 6) is 0.579. The molecule has 0 spiro atoms. The Morgan fingerprint density at radius 2 is 2.17 bits per heavy atom. The minimum absolute atomic E-state index is 0.0682. The normalized spacial score (nSPS) is 14.8. The van der Waals surface area contributed by atoms with E-state index < -0.39 is 0 Å². The van der Waals surface area contributed by atoms with E-state index in [-0.39, 0.29) is 5.91 Å². The Balaban J connectivity index is 1.56. The second-order valence-electron chi connectivity index (χ2n) is 5.72. The number of likely N-dealkylation sites (tertiary alicyclic amines) is 1. The number of aromatic nitrogens is 2. The fourth-order valence-electron chi connectivity index (χ4n) is 2.63. The summed E-state index contributed by atoms with van der Waals surface area (Å²) in [6.45, 7) is 5.68. The standard InChI is InChI=1S/C16H20ClN5OS/c1-11-14(15(23)18-6-9-22-7-2-3-8-22)24-16(20-11)21-13-5-4-12(17)10-19-13/h4-5,10H,2-3,6-9H2,1H3,(H,18,23)(H,19,20,21). The number of carbonyl (C=O) groups is 1. The molecule has 24 heavy (non-hydrogen) atoms. The van der Waals surface area contributed by atoms with Gasteiger partial charge in [0.15, 0.2) is 5.13 Å². The van der Waals surface area contributed by atoms with E-state index in [0.29, 0.717) is 27.4 Å². The minimum atomic E-state index is -0.0682. The van der Waals surface area contributed by atoms with Crippen LogP contribution in [-0.2, 0) is 0 Å².